The fourth-order valence-corrected chi connectivity index (χ4v) is 1.53. The lowest BCUT2D eigenvalue weighted by Crippen LogP contribution is -2.22. The lowest BCUT2D eigenvalue weighted by Gasteiger charge is -2.23. The molecule has 88 valence electrons. The van der Waals surface area contributed by atoms with Crippen LogP contribution >= 0.6 is 0 Å². The molecule has 0 aliphatic carbocycles. The van der Waals surface area contributed by atoms with Crippen molar-refractivity contribution >= 4 is 5.97 Å². The van der Waals surface area contributed by atoms with Crippen LogP contribution in [0, 0.1) is 0 Å². The molecule has 0 aliphatic heterocycles. The van der Waals surface area contributed by atoms with E-state index in [1.165, 1.54) is 7.11 Å². The van der Waals surface area contributed by atoms with E-state index in [1.54, 1.807) is 38.1 Å². The molecule has 0 fully saturated rings. The number of rotatable bonds is 3. The molecule has 0 radical (unpaired) electrons. The standard InChI is InChI=1S/C12H16O4/c1-12(2,15)9-7-5-4-6-8(9)10(13)11(14)16-3/h4-7,10,13,15H,1-3H3. The van der Waals surface area contributed by atoms with E-state index in [1.807, 2.05) is 0 Å². The third-order valence-corrected chi connectivity index (χ3v) is 2.34. The van der Waals surface area contributed by atoms with Gasteiger partial charge in [0.1, 0.15) is 0 Å². The summed E-state index contributed by atoms with van der Waals surface area (Å²) < 4.78 is 4.46. The van der Waals surface area contributed by atoms with Gasteiger partial charge in [0, 0.05) is 0 Å². The first kappa shape index (κ1) is 12.7. The van der Waals surface area contributed by atoms with Gasteiger partial charge in [-0.1, -0.05) is 24.3 Å². The maximum atomic E-state index is 11.2. The number of hydrogen-bond acceptors (Lipinski definition) is 4. The molecule has 4 heteroatoms. The summed E-state index contributed by atoms with van der Waals surface area (Å²) in [6.45, 7) is 3.19. The van der Waals surface area contributed by atoms with Crippen LogP contribution in [0.25, 0.3) is 0 Å². The van der Waals surface area contributed by atoms with Gasteiger partial charge in [-0.2, -0.15) is 0 Å². The summed E-state index contributed by atoms with van der Waals surface area (Å²) in [5.74, 6) is -0.739. The smallest absolute Gasteiger partial charge is 0.339 e. The number of aliphatic hydroxyl groups excluding tert-OH is 1. The Morgan fingerprint density at radius 2 is 1.94 bits per heavy atom. The zero-order valence-electron chi connectivity index (χ0n) is 9.60. The Balaban J connectivity index is 3.19. The minimum atomic E-state index is -1.37. The van der Waals surface area contributed by atoms with Crippen molar-refractivity contribution in [3.8, 4) is 0 Å². The molecule has 1 atom stereocenters. The Morgan fingerprint density at radius 3 is 2.44 bits per heavy atom. The molecule has 2 N–H and O–H groups in total. The summed E-state index contributed by atoms with van der Waals surface area (Å²) in [4.78, 5) is 11.2. The molecule has 1 aromatic carbocycles. The zero-order chi connectivity index (χ0) is 12.3. The quantitative estimate of drug-likeness (QED) is 0.755. The van der Waals surface area contributed by atoms with Crippen LogP contribution in [0.5, 0.6) is 0 Å². The highest BCUT2D eigenvalue weighted by molar-refractivity contribution is 5.76. The highest BCUT2D eigenvalue weighted by Gasteiger charge is 2.27. The molecule has 0 aromatic heterocycles. The van der Waals surface area contributed by atoms with Crippen LogP contribution in [-0.4, -0.2) is 23.3 Å². The fraction of sp³-hybridized carbons (Fsp3) is 0.417. The fourth-order valence-electron chi connectivity index (χ4n) is 1.53. The van der Waals surface area contributed by atoms with Crippen molar-refractivity contribution in [2.75, 3.05) is 7.11 Å². The number of carbonyl (C=O) groups excluding carboxylic acids is 1. The monoisotopic (exact) mass is 224 g/mol. The molecular weight excluding hydrogens is 208 g/mol. The van der Waals surface area contributed by atoms with E-state index in [-0.39, 0.29) is 0 Å². The summed E-state index contributed by atoms with van der Waals surface area (Å²) in [5, 5.41) is 19.7. The number of methoxy groups -OCH3 is 1. The van der Waals surface area contributed by atoms with Crippen molar-refractivity contribution in [3.63, 3.8) is 0 Å². The highest BCUT2D eigenvalue weighted by atomic mass is 16.5. The van der Waals surface area contributed by atoms with Gasteiger partial charge < -0.3 is 14.9 Å². The van der Waals surface area contributed by atoms with E-state index in [0.29, 0.717) is 11.1 Å². The number of esters is 1. The summed E-state index contributed by atoms with van der Waals surface area (Å²) in [6.07, 6.45) is -1.37. The molecule has 1 unspecified atom stereocenters. The Bertz CT molecular complexity index is 379. The van der Waals surface area contributed by atoms with Crippen molar-refractivity contribution in [2.45, 2.75) is 25.6 Å². The van der Waals surface area contributed by atoms with Crippen molar-refractivity contribution in [3.05, 3.63) is 35.4 Å². The molecular formula is C12H16O4. The molecule has 0 amide bonds. The lowest BCUT2D eigenvalue weighted by atomic mass is 9.90. The molecule has 1 aromatic rings. The summed E-state index contributed by atoms with van der Waals surface area (Å²) in [5.41, 5.74) is -0.249. The molecule has 0 saturated heterocycles. The van der Waals surface area contributed by atoms with Gasteiger partial charge in [0.15, 0.2) is 6.10 Å². The third-order valence-electron chi connectivity index (χ3n) is 2.34. The first-order valence-electron chi connectivity index (χ1n) is 4.95. The first-order chi connectivity index (χ1) is 7.38. The Morgan fingerprint density at radius 1 is 1.38 bits per heavy atom. The molecule has 0 heterocycles. The van der Waals surface area contributed by atoms with Gasteiger partial charge in [-0.3, -0.25) is 0 Å². The second kappa shape index (κ2) is 4.63. The Labute approximate surface area is 94.5 Å². The Kier molecular flexibility index (Phi) is 3.67. The van der Waals surface area contributed by atoms with Crippen molar-refractivity contribution in [2.24, 2.45) is 0 Å². The largest absolute Gasteiger partial charge is 0.467 e. The van der Waals surface area contributed by atoms with Gasteiger partial charge in [0.05, 0.1) is 12.7 Å². The maximum absolute atomic E-state index is 11.2. The summed E-state index contributed by atoms with van der Waals surface area (Å²) in [7, 11) is 1.21. The first-order valence-corrected chi connectivity index (χ1v) is 4.95. The molecule has 1 rings (SSSR count). The van der Waals surface area contributed by atoms with Gasteiger partial charge in [0.2, 0.25) is 0 Å². The van der Waals surface area contributed by atoms with E-state index in [4.69, 9.17) is 0 Å². The number of hydrogen-bond donors (Lipinski definition) is 2. The predicted octanol–water partition coefficient (Wildman–Crippen LogP) is 1.12. The average molecular weight is 224 g/mol. The number of carbonyl (C=O) groups is 1. The van der Waals surface area contributed by atoms with E-state index in [9.17, 15) is 15.0 Å². The summed E-state index contributed by atoms with van der Waals surface area (Å²) in [6, 6.07) is 6.69. The SMILES string of the molecule is COC(=O)C(O)c1ccccc1C(C)(C)O. The van der Waals surface area contributed by atoms with Crippen LogP contribution < -0.4 is 0 Å². The van der Waals surface area contributed by atoms with E-state index in [0.717, 1.165) is 0 Å². The second-order valence-corrected chi connectivity index (χ2v) is 4.07. The third kappa shape index (κ3) is 2.59. The van der Waals surface area contributed by atoms with Crippen molar-refractivity contribution in [1.29, 1.82) is 0 Å². The van der Waals surface area contributed by atoms with E-state index in [2.05, 4.69) is 4.74 Å². The van der Waals surface area contributed by atoms with Gasteiger partial charge in [-0.25, -0.2) is 4.79 Å². The van der Waals surface area contributed by atoms with E-state index < -0.39 is 17.7 Å². The number of ether oxygens (including phenoxy) is 1. The van der Waals surface area contributed by atoms with Crippen molar-refractivity contribution in [1.82, 2.24) is 0 Å². The second-order valence-electron chi connectivity index (χ2n) is 4.07. The molecule has 0 spiro atoms. The maximum Gasteiger partial charge on any atom is 0.339 e. The van der Waals surface area contributed by atoms with Crippen LogP contribution in [0.4, 0.5) is 0 Å². The van der Waals surface area contributed by atoms with Crippen LogP contribution in [0.3, 0.4) is 0 Å². The van der Waals surface area contributed by atoms with Crippen LogP contribution in [0.2, 0.25) is 0 Å². The van der Waals surface area contributed by atoms with Gasteiger partial charge in [-0.15, -0.1) is 0 Å². The van der Waals surface area contributed by atoms with Crippen LogP contribution in [-0.2, 0) is 15.1 Å². The highest BCUT2D eigenvalue weighted by Crippen LogP contribution is 2.28. The average Bonchev–Trinajstić information content (AvgIpc) is 2.26. The topological polar surface area (TPSA) is 66.8 Å². The van der Waals surface area contributed by atoms with Gasteiger partial charge >= 0.3 is 5.97 Å². The predicted molar refractivity (Wildman–Crippen MR) is 58.7 cm³/mol. The normalized spacial score (nSPS) is 13.3. The molecule has 0 aliphatic rings. The lowest BCUT2D eigenvalue weighted by molar-refractivity contribution is -0.150. The van der Waals surface area contributed by atoms with Crippen molar-refractivity contribution < 1.29 is 19.7 Å². The molecule has 4 nitrogen and oxygen atoms in total. The number of benzene rings is 1. The van der Waals surface area contributed by atoms with Crippen LogP contribution in [0.1, 0.15) is 31.1 Å². The molecule has 16 heavy (non-hydrogen) atoms. The van der Waals surface area contributed by atoms with Crippen LogP contribution in [0.15, 0.2) is 24.3 Å². The van der Waals surface area contributed by atoms with Gasteiger partial charge in [-0.05, 0) is 25.0 Å². The summed E-state index contributed by atoms with van der Waals surface area (Å²) >= 11 is 0. The minimum Gasteiger partial charge on any atom is -0.467 e. The minimum absolute atomic E-state index is 0.363. The Hall–Kier alpha value is -1.39. The van der Waals surface area contributed by atoms with E-state index >= 15 is 0 Å². The van der Waals surface area contributed by atoms with Gasteiger partial charge in [0.25, 0.3) is 0 Å². The zero-order valence-corrected chi connectivity index (χ0v) is 9.60. The molecule has 0 saturated carbocycles. The molecule has 0 bridgehead atoms. The number of aliphatic hydroxyl groups is 2.